The number of rotatable bonds is 2. The Morgan fingerprint density at radius 3 is 2.55 bits per heavy atom. The van der Waals surface area contributed by atoms with Gasteiger partial charge in [0.2, 0.25) is 0 Å². The van der Waals surface area contributed by atoms with Crippen molar-refractivity contribution < 1.29 is 4.39 Å². The number of halogens is 2. The molecule has 0 saturated heterocycles. The summed E-state index contributed by atoms with van der Waals surface area (Å²) in [6.07, 6.45) is 6.13. The molecule has 1 saturated carbocycles. The highest BCUT2D eigenvalue weighted by Gasteiger charge is 2.27. The topological polar surface area (TPSA) is 12.0 Å². The highest BCUT2D eigenvalue weighted by atomic mass is 35.5. The largest absolute Gasteiger partial charge is 0.381 e. The molecular formula is C17H25ClFN. The van der Waals surface area contributed by atoms with E-state index in [2.05, 4.69) is 26.1 Å². The molecule has 1 nitrogen and oxygen atoms in total. The maximum Gasteiger partial charge on any atom is 0.124 e. The Morgan fingerprint density at radius 1 is 1.15 bits per heavy atom. The number of anilines is 1. The highest BCUT2D eigenvalue weighted by molar-refractivity contribution is 6.33. The lowest BCUT2D eigenvalue weighted by molar-refractivity contribution is 0.214. The van der Waals surface area contributed by atoms with Crippen LogP contribution in [0.25, 0.3) is 0 Å². The molecule has 3 heteroatoms. The van der Waals surface area contributed by atoms with Gasteiger partial charge in [-0.05, 0) is 55.2 Å². The quantitative estimate of drug-likeness (QED) is 0.672. The molecule has 0 aliphatic heterocycles. The predicted octanol–water partition coefficient (Wildman–Crippen LogP) is 5.89. The molecule has 20 heavy (non-hydrogen) atoms. The lowest BCUT2D eigenvalue weighted by Gasteiger charge is -2.29. The third-order valence-electron chi connectivity index (χ3n) is 4.48. The first-order valence-electron chi connectivity index (χ1n) is 7.58. The van der Waals surface area contributed by atoms with Crippen LogP contribution in [0.15, 0.2) is 18.2 Å². The molecular weight excluding hydrogens is 273 g/mol. The molecule has 1 fully saturated rings. The summed E-state index contributed by atoms with van der Waals surface area (Å²) in [6, 6.07) is 5.02. The van der Waals surface area contributed by atoms with Gasteiger partial charge in [-0.15, -0.1) is 0 Å². The minimum atomic E-state index is -0.283. The second-order valence-corrected chi connectivity index (χ2v) is 7.44. The first-order valence-corrected chi connectivity index (χ1v) is 7.95. The van der Waals surface area contributed by atoms with Crippen molar-refractivity contribution in [1.82, 2.24) is 0 Å². The fourth-order valence-electron chi connectivity index (χ4n) is 3.14. The summed E-state index contributed by atoms with van der Waals surface area (Å²) in [5.74, 6) is 0.507. The Bertz CT molecular complexity index is 453. The zero-order valence-corrected chi connectivity index (χ0v) is 13.4. The van der Waals surface area contributed by atoms with Crippen LogP contribution in [0.2, 0.25) is 5.02 Å². The maximum atomic E-state index is 13.1. The summed E-state index contributed by atoms with van der Waals surface area (Å²) in [4.78, 5) is 0. The van der Waals surface area contributed by atoms with Gasteiger partial charge in [0, 0.05) is 6.04 Å². The first-order chi connectivity index (χ1) is 9.36. The van der Waals surface area contributed by atoms with Gasteiger partial charge >= 0.3 is 0 Å². The summed E-state index contributed by atoms with van der Waals surface area (Å²) in [5, 5.41) is 3.96. The second kappa shape index (κ2) is 6.34. The summed E-state index contributed by atoms with van der Waals surface area (Å²) in [5.41, 5.74) is 1.25. The molecule has 2 atom stereocenters. The van der Waals surface area contributed by atoms with Gasteiger partial charge in [0.15, 0.2) is 0 Å². The standard InChI is InChI=1S/C17H25ClFN/c1-17(2,3)12-5-4-6-14(9-7-12)20-16-10-8-13(19)11-15(16)18/h8,10-12,14,20H,4-7,9H2,1-3H3. The molecule has 0 bridgehead atoms. The van der Waals surface area contributed by atoms with Crippen molar-refractivity contribution in [3.63, 3.8) is 0 Å². The fourth-order valence-corrected chi connectivity index (χ4v) is 3.36. The Labute approximate surface area is 126 Å². The molecule has 1 aromatic carbocycles. The average molecular weight is 298 g/mol. The summed E-state index contributed by atoms with van der Waals surface area (Å²) < 4.78 is 13.1. The SMILES string of the molecule is CC(C)(C)C1CCCC(Nc2ccc(F)cc2Cl)CC1. The number of nitrogens with one attached hydrogen (secondary N) is 1. The van der Waals surface area contributed by atoms with Crippen molar-refractivity contribution in [2.24, 2.45) is 11.3 Å². The fraction of sp³-hybridized carbons (Fsp3) is 0.647. The minimum absolute atomic E-state index is 0.283. The summed E-state index contributed by atoms with van der Waals surface area (Å²) >= 11 is 6.09. The molecule has 112 valence electrons. The molecule has 1 aliphatic carbocycles. The molecule has 1 aromatic rings. The Hall–Kier alpha value is -0.760. The Morgan fingerprint density at radius 2 is 1.90 bits per heavy atom. The van der Waals surface area contributed by atoms with Crippen molar-refractivity contribution in [2.75, 3.05) is 5.32 Å². The van der Waals surface area contributed by atoms with E-state index in [0.29, 0.717) is 16.5 Å². The van der Waals surface area contributed by atoms with E-state index in [1.807, 2.05) is 0 Å². The third kappa shape index (κ3) is 4.12. The molecule has 0 heterocycles. The minimum Gasteiger partial charge on any atom is -0.381 e. The van der Waals surface area contributed by atoms with Crippen molar-refractivity contribution in [1.29, 1.82) is 0 Å². The van der Waals surface area contributed by atoms with Crippen LogP contribution in [0, 0.1) is 17.2 Å². The van der Waals surface area contributed by atoms with Crippen molar-refractivity contribution in [3.8, 4) is 0 Å². The predicted molar refractivity (Wildman–Crippen MR) is 84.9 cm³/mol. The normalized spacial score (nSPS) is 24.2. The van der Waals surface area contributed by atoms with E-state index in [1.54, 1.807) is 6.07 Å². The van der Waals surface area contributed by atoms with E-state index >= 15 is 0 Å². The van der Waals surface area contributed by atoms with Gasteiger partial charge in [-0.2, -0.15) is 0 Å². The average Bonchev–Trinajstić information content (AvgIpc) is 2.58. The second-order valence-electron chi connectivity index (χ2n) is 7.04. The first kappa shape index (κ1) is 15.6. The van der Waals surface area contributed by atoms with Gasteiger partial charge in [-0.1, -0.05) is 38.8 Å². The van der Waals surface area contributed by atoms with E-state index < -0.39 is 0 Å². The number of benzene rings is 1. The molecule has 0 spiro atoms. The molecule has 0 aromatic heterocycles. The van der Waals surface area contributed by atoms with Crippen LogP contribution in [-0.4, -0.2) is 6.04 Å². The van der Waals surface area contributed by atoms with E-state index in [-0.39, 0.29) is 5.82 Å². The van der Waals surface area contributed by atoms with Crippen LogP contribution < -0.4 is 5.32 Å². The monoisotopic (exact) mass is 297 g/mol. The van der Waals surface area contributed by atoms with Crippen LogP contribution in [0.4, 0.5) is 10.1 Å². The summed E-state index contributed by atoms with van der Waals surface area (Å²) in [7, 11) is 0. The molecule has 1 aliphatic rings. The maximum absolute atomic E-state index is 13.1. The third-order valence-corrected chi connectivity index (χ3v) is 4.80. The highest BCUT2D eigenvalue weighted by Crippen LogP contribution is 2.37. The van der Waals surface area contributed by atoms with Gasteiger partial charge in [0.05, 0.1) is 10.7 Å². The molecule has 0 radical (unpaired) electrons. The van der Waals surface area contributed by atoms with Crippen LogP contribution in [0.3, 0.4) is 0 Å². The van der Waals surface area contributed by atoms with Crippen LogP contribution in [0.1, 0.15) is 52.9 Å². The molecule has 2 rings (SSSR count). The van der Waals surface area contributed by atoms with Gasteiger partial charge in [-0.25, -0.2) is 4.39 Å². The van der Waals surface area contributed by atoms with E-state index in [9.17, 15) is 4.39 Å². The van der Waals surface area contributed by atoms with Crippen LogP contribution >= 0.6 is 11.6 Å². The molecule has 2 unspecified atom stereocenters. The van der Waals surface area contributed by atoms with Crippen molar-refractivity contribution in [3.05, 3.63) is 29.0 Å². The van der Waals surface area contributed by atoms with Gasteiger partial charge in [-0.3, -0.25) is 0 Å². The van der Waals surface area contributed by atoms with Gasteiger partial charge in [0.1, 0.15) is 5.82 Å². The Kier molecular flexibility index (Phi) is 4.95. The zero-order chi connectivity index (χ0) is 14.8. The number of hydrogen-bond acceptors (Lipinski definition) is 1. The smallest absolute Gasteiger partial charge is 0.124 e. The van der Waals surface area contributed by atoms with Crippen LogP contribution in [0.5, 0.6) is 0 Å². The lowest BCUT2D eigenvalue weighted by atomic mass is 9.76. The lowest BCUT2D eigenvalue weighted by Crippen LogP contribution is -2.21. The van der Waals surface area contributed by atoms with Crippen molar-refractivity contribution >= 4 is 17.3 Å². The number of hydrogen-bond donors (Lipinski definition) is 1. The summed E-state index contributed by atoms with van der Waals surface area (Å²) in [6.45, 7) is 7.01. The molecule has 1 N–H and O–H groups in total. The van der Waals surface area contributed by atoms with Gasteiger partial charge in [0.25, 0.3) is 0 Å². The Balaban J connectivity index is 1.97. The van der Waals surface area contributed by atoms with Gasteiger partial charge < -0.3 is 5.32 Å². The van der Waals surface area contributed by atoms with E-state index in [4.69, 9.17) is 11.6 Å². The van der Waals surface area contributed by atoms with Crippen molar-refractivity contribution in [2.45, 2.75) is 58.9 Å². The van der Waals surface area contributed by atoms with Crippen LogP contribution in [-0.2, 0) is 0 Å². The van der Waals surface area contributed by atoms with E-state index in [0.717, 1.165) is 18.0 Å². The molecule has 0 amide bonds. The zero-order valence-electron chi connectivity index (χ0n) is 12.7. The van der Waals surface area contributed by atoms with E-state index in [1.165, 1.54) is 37.8 Å².